The Bertz CT molecular complexity index is 3250. The summed E-state index contributed by atoms with van der Waals surface area (Å²) in [5.74, 6) is 1.60. The van der Waals surface area contributed by atoms with Crippen molar-refractivity contribution in [3.63, 3.8) is 0 Å². The second-order valence-electron chi connectivity index (χ2n) is 17.8. The van der Waals surface area contributed by atoms with Gasteiger partial charge in [-0.05, 0) is 93.1 Å². The third-order valence-corrected chi connectivity index (χ3v) is 13.3. The van der Waals surface area contributed by atoms with Gasteiger partial charge in [-0.1, -0.05) is 166 Å². The van der Waals surface area contributed by atoms with Gasteiger partial charge in [0.2, 0.25) is 0 Å². The smallest absolute Gasteiger partial charge is 0.345 e. The molecule has 0 fully saturated rings. The molecule has 11 rings (SSSR count). The molecule has 66 heavy (non-hydrogen) atoms. The molecule has 0 saturated heterocycles. The number of para-hydroxylation sites is 4. The van der Waals surface area contributed by atoms with Gasteiger partial charge in [0.15, 0.2) is 0 Å². The van der Waals surface area contributed by atoms with Crippen LogP contribution in [-0.4, -0.2) is 16.2 Å². The number of anilines is 4. The summed E-state index contributed by atoms with van der Waals surface area (Å²) in [6, 6.07) is 80.5. The normalized spacial score (nSPS) is 12.6. The first kappa shape index (κ1) is 42.9. The number of pyridine rings is 1. The van der Waals surface area contributed by atoms with Crippen molar-refractivity contribution >= 4 is 44.6 Å². The number of hydrogen-bond donors (Lipinski definition) is 0. The second-order valence-corrected chi connectivity index (χ2v) is 17.8. The van der Waals surface area contributed by atoms with Gasteiger partial charge in [0.1, 0.15) is 5.82 Å². The van der Waals surface area contributed by atoms with Crippen LogP contribution < -0.4 is 9.80 Å². The molecule has 0 atom stereocenters. The quantitative estimate of drug-likeness (QED) is 0.101. The summed E-state index contributed by atoms with van der Waals surface area (Å²) in [7, 11) is 0. The van der Waals surface area contributed by atoms with Gasteiger partial charge in [-0.25, -0.2) is 4.98 Å². The van der Waals surface area contributed by atoms with E-state index in [0.717, 1.165) is 66.9 Å². The maximum absolute atomic E-state index is 5.15. The monoisotopic (exact) mass is 1030 g/mol. The largest absolute Gasteiger partial charge is 2.00 e. The summed E-state index contributed by atoms with van der Waals surface area (Å²) in [4.78, 5) is 9.92. The van der Waals surface area contributed by atoms with E-state index in [1.807, 2.05) is 6.20 Å². The van der Waals surface area contributed by atoms with Crippen LogP contribution in [0.15, 0.2) is 206 Å². The Kier molecular flexibility index (Phi) is 11.6. The van der Waals surface area contributed by atoms with Crippen molar-refractivity contribution in [3.05, 3.63) is 252 Å². The minimum atomic E-state index is -0.802. The van der Waals surface area contributed by atoms with Crippen LogP contribution in [0.5, 0.6) is 0 Å². The first-order valence-corrected chi connectivity index (χ1v) is 22.8. The van der Waals surface area contributed by atoms with Gasteiger partial charge in [0, 0.05) is 22.8 Å². The van der Waals surface area contributed by atoms with Crippen molar-refractivity contribution in [1.82, 2.24) is 9.55 Å². The molecule has 4 nitrogen and oxygen atoms in total. The summed E-state index contributed by atoms with van der Waals surface area (Å²) < 4.78 is 2.32. The molecule has 0 bridgehead atoms. The summed E-state index contributed by atoms with van der Waals surface area (Å²) in [6.45, 7) is 9.82. The molecule has 324 valence electrons. The van der Waals surface area contributed by atoms with Crippen LogP contribution in [0.1, 0.15) is 72.9 Å². The molecule has 0 saturated carbocycles. The predicted octanol–water partition coefficient (Wildman–Crippen LogP) is 15.3. The van der Waals surface area contributed by atoms with Crippen LogP contribution in [0.25, 0.3) is 38.8 Å². The molecule has 0 radical (unpaired) electrons. The summed E-state index contributed by atoms with van der Waals surface area (Å²) in [6.07, 6.45) is 1.98. The molecule has 1 aliphatic rings. The van der Waals surface area contributed by atoms with Crippen molar-refractivity contribution in [2.75, 3.05) is 16.5 Å². The first-order chi connectivity index (χ1) is 31.9. The summed E-state index contributed by atoms with van der Waals surface area (Å²) in [5, 5.41) is 2.29. The molecule has 8 aromatic carbocycles. The molecule has 2 aromatic heterocycles. The minimum absolute atomic E-state index is 0. The number of aromatic nitrogens is 2. The van der Waals surface area contributed by atoms with Crippen LogP contribution in [0.2, 0.25) is 0 Å². The summed E-state index contributed by atoms with van der Waals surface area (Å²) in [5.41, 5.74) is 15.3. The Balaban J connectivity index is 0.00000511. The fourth-order valence-corrected chi connectivity index (χ4v) is 10.3. The first-order valence-electron chi connectivity index (χ1n) is 22.8. The zero-order chi connectivity index (χ0) is 44.1. The van der Waals surface area contributed by atoms with E-state index < -0.39 is 5.41 Å². The van der Waals surface area contributed by atoms with Gasteiger partial charge in [-0.15, -0.1) is 22.6 Å². The number of hydrogen-bond acceptors (Lipinski definition) is 3. The number of nitrogens with zero attached hydrogens (tertiary/aromatic N) is 4. The van der Waals surface area contributed by atoms with Gasteiger partial charge in [0.05, 0.1) is 18.0 Å². The Morgan fingerprint density at radius 3 is 1.76 bits per heavy atom. The maximum Gasteiger partial charge on any atom is 2.00 e. The third-order valence-electron chi connectivity index (χ3n) is 13.3. The van der Waals surface area contributed by atoms with Crippen molar-refractivity contribution in [1.29, 1.82) is 0 Å². The van der Waals surface area contributed by atoms with E-state index >= 15 is 0 Å². The molecule has 0 amide bonds. The maximum atomic E-state index is 5.15. The zero-order valence-electron chi connectivity index (χ0n) is 37.6. The van der Waals surface area contributed by atoms with Gasteiger partial charge < -0.3 is 14.4 Å². The van der Waals surface area contributed by atoms with E-state index in [1.165, 1.54) is 27.9 Å². The van der Waals surface area contributed by atoms with Gasteiger partial charge in [0.25, 0.3) is 0 Å². The third kappa shape index (κ3) is 7.16. The average Bonchev–Trinajstić information content (AvgIpc) is 3.91. The Morgan fingerprint density at radius 2 is 1.09 bits per heavy atom. The molecule has 5 heteroatoms. The van der Waals surface area contributed by atoms with E-state index in [1.54, 1.807) is 0 Å². The topological polar surface area (TPSA) is 24.3 Å². The minimum Gasteiger partial charge on any atom is -0.345 e. The summed E-state index contributed by atoms with van der Waals surface area (Å²) >= 11 is 0. The molecule has 0 spiro atoms. The van der Waals surface area contributed by atoms with Gasteiger partial charge in [-0.2, -0.15) is 36.4 Å². The van der Waals surface area contributed by atoms with Gasteiger partial charge in [-0.3, -0.25) is 0 Å². The van der Waals surface area contributed by atoms with E-state index in [4.69, 9.17) is 4.98 Å². The molecule has 0 unspecified atom stereocenters. The fourth-order valence-electron chi connectivity index (χ4n) is 10.3. The van der Waals surface area contributed by atoms with Gasteiger partial charge >= 0.3 is 21.1 Å². The van der Waals surface area contributed by atoms with E-state index in [0.29, 0.717) is 18.5 Å². The molecule has 0 N–H and O–H groups in total. The SMILES string of the molecule is CC(C)c1cccc(C(C)C)c1-c1ccnc(-n2c3[c-]c(C(c4[c-]c(N5CN(c6ccccc6)c6ccccc65)ccc4)(c4ccccc4)c4ccccc4)ccc3c3ccccc32)c1.[Pt+2]. The van der Waals surface area contributed by atoms with E-state index in [2.05, 4.69) is 254 Å². The zero-order valence-corrected chi connectivity index (χ0v) is 39.9. The molecule has 10 aromatic rings. The van der Waals surface area contributed by atoms with Crippen molar-refractivity contribution in [3.8, 4) is 16.9 Å². The Hall–Kier alpha value is -7.00. The average molecular weight is 1030 g/mol. The number of benzene rings is 8. The second kappa shape index (κ2) is 17.8. The van der Waals surface area contributed by atoms with Crippen LogP contribution in [0.4, 0.5) is 22.7 Å². The predicted molar refractivity (Wildman–Crippen MR) is 270 cm³/mol. The van der Waals surface area contributed by atoms with Crippen molar-refractivity contribution in [2.45, 2.75) is 44.9 Å². The van der Waals surface area contributed by atoms with Crippen LogP contribution in [0, 0.1) is 12.1 Å². The standard InChI is InChI=1S/C61H50N4.Pt/c1-42(2)51-29-19-30-52(43(3)4)60(51)44-36-37-62-59(38-44)65-55-31-15-14-28-53(55)54-35-34-48(40-58(54)65)61(45-20-8-5-9-21-45,46-22-10-6-11-23-46)47-24-18-27-50(39-47)64-41-63(49-25-12-7-13-26-49)56-32-16-17-33-57(56)64;/h5-38,42-43H,41H2,1-4H3;/q-2;+2. The van der Waals surface area contributed by atoms with E-state index in [-0.39, 0.29) is 21.1 Å². The number of rotatable bonds is 10. The number of fused-ring (bicyclic) bond motifs is 4. The molecular formula is C61H50N4Pt. The molecule has 3 heterocycles. The fraction of sp³-hybridized carbons (Fsp3) is 0.131. The van der Waals surface area contributed by atoms with Crippen molar-refractivity contribution < 1.29 is 21.1 Å². The van der Waals surface area contributed by atoms with Crippen LogP contribution >= 0.6 is 0 Å². The van der Waals surface area contributed by atoms with Crippen LogP contribution in [0.3, 0.4) is 0 Å². The molecule has 1 aliphatic heterocycles. The Morgan fingerprint density at radius 1 is 0.515 bits per heavy atom. The molecule has 0 aliphatic carbocycles. The molecular weight excluding hydrogens is 984 g/mol. The van der Waals surface area contributed by atoms with Crippen molar-refractivity contribution in [2.24, 2.45) is 0 Å². The van der Waals surface area contributed by atoms with Crippen LogP contribution in [-0.2, 0) is 26.5 Å². The van der Waals surface area contributed by atoms with E-state index in [9.17, 15) is 0 Å². The Labute approximate surface area is 403 Å².